The van der Waals surface area contributed by atoms with E-state index in [0.717, 1.165) is 0 Å². The zero-order valence-electron chi connectivity index (χ0n) is 7.88. The zero-order chi connectivity index (χ0) is 9.84. The van der Waals surface area contributed by atoms with Crippen LogP contribution < -0.4 is 10.5 Å². The molecule has 0 radical (unpaired) electrons. The standard InChI is InChI=1S/C10H14FNO/c1-3-13-9-6-4-5-8(11)10(9)7(2)12/h4-7H,3,12H2,1-2H3/t7-/m1/s1. The zero-order valence-corrected chi connectivity index (χ0v) is 7.88. The molecule has 3 heteroatoms. The third-order valence-electron chi connectivity index (χ3n) is 1.77. The largest absolute Gasteiger partial charge is 0.493 e. The molecule has 0 saturated heterocycles. The second-order valence-corrected chi connectivity index (χ2v) is 2.87. The van der Waals surface area contributed by atoms with Crippen LogP contribution in [0.2, 0.25) is 0 Å². The van der Waals surface area contributed by atoms with E-state index < -0.39 is 0 Å². The van der Waals surface area contributed by atoms with Gasteiger partial charge in [-0.15, -0.1) is 0 Å². The van der Waals surface area contributed by atoms with Crippen molar-refractivity contribution < 1.29 is 9.13 Å². The van der Waals surface area contributed by atoms with Crippen molar-refractivity contribution in [1.29, 1.82) is 0 Å². The van der Waals surface area contributed by atoms with E-state index in [1.54, 1.807) is 19.1 Å². The molecular weight excluding hydrogens is 169 g/mol. The Kier molecular flexibility index (Phi) is 3.25. The molecule has 0 spiro atoms. The van der Waals surface area contributed by atoms with E-state index in [1.807, 2.05) is 6.92 Å². The molecule has 0 aliphatic heterocycles. The van der Waals surface area contributed by atoms with Crippen molar-refractivity contribution in [3.8, 4) is 5.75 Å². The van der Waals surface area contributed by atoms with Gasteiger partial charge in [-0.25, -0.2) is 4.39 Å². The lowest BCUT2D eigenvalue weighted by atomic mass is 10.1. The smallest absolute Gasteiger partial charge is 0.131 e. The lowest BCUT2D eigenvalue weighted by molar-refractivity contribution is 0.331. The van der Waals surface area contributed by atoms with Gasteiger partial charge in [0, 0.05) is 11.6 Å². The molecule has 0 aliphatic carbocycles. The summed E-state index contributed by atoms with van der Waals surface area (Å²) in [7, 11) is 0. The van der Waals surface area contributed by atoms with Gasteiger partial charge in [-0.1, -0.05) is 6.07 Å². The van der Waals surface area contributed by atoms with Crippen LogP contribution in [0.1, 0.15) is 25.5 Å². The van der Waals surface area contributed by atoms with Crippen LogP contribution in [0, 0.1) is 5.82 Å². The monoisotopic (exact) mass is 183 g/mol. The van der Waals surface area contributed by atoms with Crippen molar-refractivity contribution in [2.75, 3.05) is 6.61 Å². The summed E-state index contributed by atoms with van der Waals surface area (Å²) < 4.78 is 18.5. The maximum atomic E-state index is 13.3. The van der Waals surface area contributed by atoms with Crippen molar-refractivity contribution in [1.82, 2.24) is 0 Å². The van der Waals surface area contributed by atoms with Crippen LogP contribution in [-0.4, -0.2) is 6.61 Å². The number of rotatable bonds is 3. The van der Waals surface area contributed by atoms with Gasteiger partial charge in [-0.05, 0) is 26.0 Å². The summed E-state index contributed by atoms with van der Waals surface area (Å²) >= 11 is 0. The first-order valence-corrected chi connectivity index (χ1v) is 4.33. The SMILES string of the molecule is CCOc1cccc(F)c1[C@@H](C)N. The van der Waals surface area contributed by atoms with E-state index >= 15 is 0 Å². The van der Waals surface area contributed by atoms with Gasteiger partial charge in [0.25, 0.3) is 0 Å². The molecule has 0 bridgehead atoms. The maximum absolute atomic E-state index is 13.3. The second-order valence-electron chi connectivity index (χ2n) is 2.87. The Morgan fingerprint density at radius 3 is 2.77 bits per heavy atom. The predicted molar refractivity (Wildman–Crippen MR) is 50.2 cm³/mol. The minimum absolute atomic E-state index is 0.305. The molecule has 0 heterocycles. The fourth-order valence-corrected chi connectivity index (χ4v) is 1.24. The molecule has 2 nitrogen and oxygen atoms in total. The number of hydrogen-bond acceptors (Lipinski definition) is 2. The van der Waals surface area contributed by atoms with Gasteiger partial charge < -0.3 is 10.5 Å². The van der Waals surface area contributed by atoms with E-state index in [4.69, 9.17) is 10.5 Å². The molecule has 0 unspecified atom stereocenters. The summed E-state index contributed by atoms with van der Waals surface area (Å²) in [4.78, 5) is 0. The van der Waals surface area contributed by atoms with Gasteiger partial charge in [-0.2, -0.15) is 0 Å². The van der Waals surface area contributed by atoms with Gasteiger partial charge in [0.05, 0.1) is 6.61 Å². The normalized spacial score (nSPS) is 12.6. The van der Waals surface area contributed by atoms with Gasteiger partial charge in [0.15, 0.2) is 0 Å². The Bertz CT molecular complexity index is 286. The number of ether oxygens (including phenoxy) is 1. The van der Waals surface area contributed by atoms with Gasteiger partial charge in [-0.3, -0.25) is 0 Å². The second kappa shape index (κ2) is 4.23. The topological polar surface area (TPSA) is 35.2 Å². The molecule has 1 rings (SSSR count). The van der Waals surface area contributed by atoms with Crippen LogP contribution in [0.4, 0.5) is 4.39 Å². The molecule has 13 heavy (non-hydrogen) atoms. The molecule has 0 fully saturated rings. The fourth-order valence-electron chi connectivity index (χ4n) is 1.24. The number of hydrogen-bond donors (Lipinski definition) is 1. The van der Waals surface area contributed by atoms with Crippen LogP contribution in [0.15, 0.2) is 18.2 Å². The third-order valence-corrected chi connectivity index (χ3v) is 1.77. The quantitative estimate of drug-likeness (QED) is 0.780. The molecule has 0 saturated carbocycles. The highest BCUT2D eigenvalue weighted by atomic mass is 19.1. The molecule has 0 aliphatic rings. The summed E-state index contributed by atoms with van der Waals surface area (Å²) in [6, 6.07) is 4.39. The summed E-state index contributed by atoms with van der Waals surface area (Å²) in [6.07, 6.45) is 0. The Hall–Kier alpha value is -1.09. The van der Waals surface area contributed by atoms with Gasteiger partial charge in [0.2, 0.25) is 0 Å². The average molecular weight is 183 g/mol. The van der Waals surface area contributed by atoms with Gasteiger partial charge in [0.1, 0.15) is 11.6 Å². The van der Waals surface area contributed by atoms with Crippen LogP contribution in [-0.2, 0) is 0 Å². The molecule has 1 aromatic carbocycles. The summed E-state index contributed by atoms with van der Waals surface area (Å²) in [5.41, 5.74) is 6.07. The lowest BCUT2D eigenvalue weighted by Crippen LogP contribution is -2.10. The Morgan fingerprint density at radius 1 is 1.54 bits per heavy atom. The first kappa shape index (κ1) is 9.99. The summed E-state index contributed by atoms with van der Waals surface area (Å²) in [6.45, 7) is 4.11. The molecule has 72 valence electrons. The molecule has 1 atom stereocenters. The number of halogens is 1. The Balaban J connectivity index is 3.10. The first-order valence-electron chi connectivity index (χ1n) is 4.33. The average Bonchev–Trinajstić information content (AvgIpc) is 2.04. The number of nitrogens with two attached hydrogens (primary N) is 1. The molecule has 2 N–H and O–H groups in total. The molecule has 0 amide bonds. The van der Waals surface area contributed by atoms with Crippen molar-refractivity contribution in [2.45, 2.75) is 19.9 Å². The van der Waals surface area contributed by atoms with Crippen molar-refractivity contribution in [3.63, 3.8) is 0 Å². The van der Waals surface area contributed by atoms with Crippen molar-refractivity contribution in [3.05, 3.63) is 29.6 Å². The first-order chi connectivity index (χ1) is 6.16. The summed E-state index contributed by atoms with van der Waals surface area (Å²) in [5.74, 6) is 0.235. The highest BCUT2D eigenvalue weighted by Gasteiger charge is 2.12. The van der Waals surface area contributed by atoms with Crippen molar-refractivity contribution in [2.24, 2.45) is 5.73 Å². The Labute approximate surface area is 77.5 Å². The van der Waals surface area contributed by atoms with Crippen LogP contribution in [0.25, 0.3) is 0 Å². The molecule has 0 aromatic heterocycles. The van der Waals surface area contributed by atoms with E-state index in [-0.39, 0.29) is 11.9 Å². The minimum atomic E-state index is -0.345. The van der Waals surface area contributed by atoms with E-state index in [9.17, 15) is 4.39 Å². The van der Waals surface area contributed by atoms with Crippen LogP contribution >= 0.6 is 0 Å². The highest BCUT2D eigenvalue weighted by Crippen LogP contribution is 2.26. The maximum Gasteiger partial charge on any atom is 0.131 e. The highest BCUT2D eigenvalue weighted by molar-refractivity contribution is 5.36. The predicted octanol–water partition coefficient (Wildman–Crippen LogP) is 2.24. The van der Waals surface area contributed by atoms with E-state index in [2.05, 4.69) is 0 Å². The summed E-state index contributed by atoms with van der Waals surface area (Å²) in [5, 5.41) is 0. The fraction of sp³-hybridized carbons (Fsp3) is 0.400. The van der Waals surface area contributed by atoms with Crippen molar-refractivity contribution >= 4 is 0 Å². The lowest BCUT2D eigenvalue weighted by Gasteiger charge is -2.13. The van der Waals surface area contributed by atoms with Gasteiger partial charge >= 0.3 is 0 Å². The van der Waals surface area contributed by atoms with E-state index in [1.165, 1.54) is 6.07 Å². The third kappa shape index (κ3) is 2.18. The molecular formula is C10H14FNO. The molecule has 1 aromatic rings. The Morgan fingerprint density at radius 2 is 2.23 bits per heavy atom. The van der Waals surface area contributed by atoms with Crippen LogP contribution in [0.5, 0.6) is 5.75 Å². The number of benzene rings is 1. The van der Waals surface area contributed by atoms with Crippen LogP contribution in [0.3, 0.4) is 0 Å². The van der Waals surface area contributed by atoms with E-state index in [0.29, 0.717) is 17.9 Å². The minimum Gasteiger partial charge on any atom is -0.493 e.